The van der Waals surface area contributed by atoms with E-state index >= 15 is 0 Å². The maximum absolute atomic E-state index is 12.7. The van der Waals surface area contributed by atoms with Gasteiger partial charge in [-0.25, -0.2) is 18.8 Å². The second kappa shape index (κ2) is 13.1. The van der Waals surface area contributed by atoms with Crippen molar-refractivity contribution in [3.63, 3.8) is 0 Å². The molecule has 22 heteroatoms. The van der Waals surface area contributed by atoms with Gasteiger partial charge in [-0.1, -0.05) is 0 Å². The van der Waals surface area contributed by atoms with Crippen LogP contribution in [0.25, 0.3) is 10.2 Å². The lowest BCUT2D eigenvalue weighted by Gasteiger charge is -2.41. The zero-order valence-electron chi connectivity index (χ0n) is 22.9. The number of nitrogens with zero attached hydrogens (tertiary/aromatic N) is 3. The molecule has 2 aromatic rings. The molecule has 0 radical (unpaired) electrons. The van der Waals surface area contributed by atoms with Crippen LogP contribution in [0.15, 0.2) is 11.7 Å². The van der Waals surface area contributed by atoms with Gasteiger partial charge in [0.1, 0.15) is 61.0 Å². The summed E-state index contributed by atoms with van der Waals surface area (Å²) in [5, 5.41) is 62.1. The van der Waals surface area contributed by atoms with Gasteiger partial charge in [0.25, 0.3) is 0 Å². The molecular formula is C21H34N4O14P2S2. The fourth-order valence-corrected chi connectivity index (χ4v) is 8.90. The molecule has 2 aliphatic heterocycles. The van der Waals surface area contributed by atoms with Crippen LogP contribution in [-0.2, 0) is 39.2 Å². The van der Waals surface area contributed by atoms with Crippen LogP contribution >= 0.6 is 25.9 Å². The van der Waals surface area contributed by atoms with Gasteiger partial charge in [0.2, 0.25) is 0 Å². The number of phosphoric acid groups is 1. The van der Waals surface area contributed by atoms with E-state index in [1.54, 1.807) is 31.3 Å². The summed E-state index contributed by atoms with van der Waals surface area (Å²) in [5.74, 6) is 0.275. The first kappa shape index (κ1) is 35.0. The zero-order chi connectivity index (χ0) is 32.1. The molecule has 0 aromatic carbocycles. The Kier molecular flexibility index (Phi) is 10.7. The summed E-state index contributed by atoms with van der Waals surface area (Å²) >= 11 is 6.14. The summed E-state index contributed by atoms with van der Waals surface area (Å²) in [4.78, 5) is 30.8. The van der Waals surface area contributed by atoms with Gasteiger partial charge in [0, 0.05) is 5.56 Å². The molecule has 2 saturated heterocycles. The quantitative estimate of drug-likeness (QED) is 0.114. The van der Waals surface area contributed by atoms with E-state index in [0.717, 1.165) is 0 Å². The minimum absolute atomic E-state index is 0.275. The fraction of sp³-hybridized carbons (Fsp3) is 0.714. The number of ether oxygens (including phenoxy) is 2. The Bertz CT molecular complexity index is 1390. The van der Waals surface area contributed by atoms with Crippen LogP contribution in [0.1, 0.15) is 18.6 Å². The number of likely N-dealkylation sites (N-methyl/N-ethyl adjacent to an activating group) is 1. The van der Waals surface area contributed by atoms with Crippen LogP contribution in [0, 0.1) is 0 Å². The third kappa shape index (κ3) is 6.97. The van der Waals surface area contributed by atoms with E-state index in [2.05, 4.69) is 14.3 Å². The van der Waals surface area contributed by atoms with Gasteiger partial charge in [-0.05, 0) is 38.2 Å². The highest BCUT2D eigenvalue weighted by Gasteiger charge is 2.56. The number of nitrogens with two attached hydrogens (primary N) is 1. The van der Waals surface area contributed by atoms with Crippen molar-refractivity contribution in [2.45, 2.75) is 67.6 Å². The molecule has 0 spiro atoms. The van der Waals surface area contributed by atoms with Crippen LogP contribution < -0.4 is 5.73 Å². The molecular weight excluding hydrogens is 658 g/mol. The van der Waals surface area contributed by atoms with Gasteiger partial charge in [0.05, 0.1) is 29.0 Å². The molecule has 43 heavy (non-hydrogen) atoms. The van der Waals surface area contributed by atoms with E-state index < -0.39 is 88.4 Å². The summed E-state index contributed by atoms with van der Waals surface area (Å²) in [6.45, 7) is -4.42. The second-order valence-electron chi connectivity index (χ2n) is 10.4. The van der Waals surface area contributed by atoms with Crippen LogP contribution in [0.2, 0.25) is 0 Å². The number of hydrogen-bond acceptors (Lipinski definition) is 18. The summed E-state index contributed by atoms with van der Waals surface area (Å²) in [5.41, 5.74) is 6.05. The van der Waals surface area contributed by atoms with E-state index in [4.69, 9.17) is 41.2 Å². The van der Waals surface area contributed by atoms with Crippen molar-refractivity contribution in [3.05, 3.63) is 17.3 Å². The first-order valence-electron chi connectivity index (χ1n) is 12.6. The molecule has 0 aliphatic carbocycles. The number of aliphatic hydroxyl groups excluding tert-OH is 6. The zero-order valence-corrected chi connectivity index (χ0v) is 26.3. The molecule has 18 nitrogen and oxygen atoms in total. The topological polar surface area (TPSA) is 280 Å². The molecule has 0 bridgehead atoms. The molecule has 244 valence electrons. The fourth-order valence-electron chi connectivity index (χ4n) is 4.86. The molecule has 2 aliphatic rings. The highest BCUT2D eigenvalue weighted by molar-refractivity contribution is 8.08. The Labute approximate surface area is 254 Å². The summed E-state index contributed by atoms with van der Waals surface area (Å²) in [7, 11) is -1.97. The highest BCUT2D eigenvalue weighted by Crippen LogP contribution is 2.62. The number of rotatable bonds is 11. The largest absolute Gasteiger partial charge is 0.481 e. The van der Waals surface area contributed by atoms with Crippen LogP contribution in [-0.4, -0.2) is 137 Å². The summed E-state index contributed by atoms with van der Waals surface area (Å²) < 4.78 is 39.1. The van der Waals surface area contributed by atoms with Gasteiger partial charge < -0.3 is 60.2 Å². The highest BCUT2D eigenvalue weighted by atomic mass is 32.5. The first-order valence-corrected chi connectivity index (χ1v) is 17.6. The number of fused-ring (bicyclic) bond motifs is 1. The van der Waals surface area contributed by atoms with Gasteiger partial charge >= 0.3 is 14.5 Å². The van der Waals surface area contributed by atoms with E-state index in [-0.39, 0.29) is 5.82 Å². The minimum atomic E-state index is -5.42. The smallest absolute Gasteiger partial charge is 0.394 e. The number of hydrogen-bond donors (Lipinski definition) is 9. The molecule has 4 rings (SSSR count). The minimum Gasteiger partial charge on any atom is -0.394 e. The predicted octanol–water partition coefficient (Wildman–Crippen LogP) is -2.08. The van der Waals surface area contributed by atoms with E-state index in [0.29, 0.717) is 15.8 Å². The van der Waals surface area contributed by atoms with Crippen molar-refractivity contribution in [1.82, 2.24) is 14.9 Å². The Hall–Kier alpha value is -0.840. The molecule has 10 N–H and O–H groups in total. The normalized spacial score (nSPS) is 36.9. The number of thiophene rings is 1. The van der Waals surface area contributed by atoms with E-state index in [1.165, 1.54) is 17.7 Å². The van der Waals surface area contributed by atoms with Crippen LogP contribution in [0.4, 0.5) is 5.82 Å². The van der Waals surface area contributed by atoms with Crippen molar-refractivity contribution in [2.24, 2.45) is 0 Å². The summed E-state index contributed by atoms with van der Waals surface area (Å²) in [6, 6.07) is 0. The van der Waals surface area contributed by atoms with Gasteiger partial charge in [-0.3, -0.25) is 9.42 Å². The van der Waals surface area contributed by atoms with Crippen LogP contribution in [0.3, 0.4) is 0 Å². The van der Waals surface area contributed by atoms with Crippen molar-refractivity contribution in [1.29, 1.82) is 0 Å². The summed E-state index contributed by atoms with van der Waals surface area (Å²) in [6.07, 6.45) is -13.6. The first-order chi connectivity index (χ1) is 19.9. The third-order valence-electron chi connectivity index (χ3n) is 7.47. The Balaban J connectivity index is 1.46. The lowest BCUT2D eigenvalue weighted by atomic mass is 9.84. The van der Waals surface area contributed by atoms with Crippen molar-refractivity contribution in [2.75, 3.05) is 33.0 Å². The standard InChI is InChI=1S/C21H34N4O14P2S2/c1-21(25(2)3)17(31)10(36-18(21)8-6-43-16-11(8)23-7-24-19(16)22)5-35-41(34,42)39-40(32,33)38-20-14(30)12(28)13(29)15(37-20)9(27)4-26/h6-7,9-10,12-15,17-18,20,26-31H,4-5H2,1-3H3,(H,32,33)(H,34,42)(H2,22,23,24)/t9-,10+,12?,13?,14?,15?,17+,18-,20?,21+,41?/m0/s1. The monoisotopic (exact) mass is 692 g/mol. The average Bonchev–Trinajstić information content (AvgIpc) is 3.46. The number of aromatic nitrogens is 2. The van der Waals surface area contributed by atoms with Gasteiger partial charge in [0.15, 0.2) is 6.29 Å². The van der Waals surface area contributed by atoms with Crippen LogP contribution in [0.5, 0.6) is 0 Å². The third-order valence-corrected chi connectivity index (χ3v) is 12.0. The number of nitrogen functional groups attached to an aromatic ring is 1. The molecule has 0 amide bonds. The Morgan fingerprint density at radius 3 is 2.49 bits per heavy atom. The second-order valence-corrected chi connectivity index (χ2v) is 15.6. The Morgan fingerprint density at radius 2 is 1.86 bits per heavy atom. The maximum atomic E-state index is 12.7. The van der Waals surface area contributed by atoms with Gasteiger partial charge in [-0.2, -0.15) is 0 Å². The van der Waals surface area contributed by atoms with E-state index in [1.807, 2.05) is 0 Å². The van der Waals surface area contributed by atoms with E-state index in [9.17, 15) is 39.9 Å². The van der Waals surface area contributed by atoms with Crippen molar-refractivity contribution >= 4 is 53.7 Å². The Morgan fingerprint density at radius 1 is 1.19 bits per heavy atom. The number of phosphoric ester groups is 1. The average molecular weight is 693 g/mol. The molecule has 2 fully saturated rings. The molecule has 2 aromatic heterocycles. The maximum Gasteiger partial charge on any atom is 0.481 e. The predicted molar refractivity (Wildman–Crippen MR) is 152 cm³/mol. The SMILES string of the molecule is CN(C)[C@]1(C)[C@H](O)[C@@H](COP(O)(=S)OP(=O)(O)OC2OC([C@@H](O)CO)C(O)C(O)C2O)O[C@H]1c1csc2c(N)ncnc12. The van der Waals surface area contributed by atoms with Crippen molar-refractivity contribution in [3.8, 4) is 0 Å². The number of anilines is 1. The lowest BCUT2D eigenvalue weighted by molar-refractivity contribution is -0.292. The van der Waals surface area contributed by atoms with Crippen molar-refractivity contribution < 1.29 is 67.8 Å². The molecule has 4 heterocycles. The van der Waals surface area contributed by atoms with Gasteiger partial charge in [-0.15, -0.1) is 11.3 Å². The molecule has 12 atom stereocenters. The lowest BCUT2D eigenvalue weighted by Crippen LogP contribution is -2.61. The molecule has 0 saturated carbocycles. The molecule has 7 unspecified atom stereocenters. The number of aliphatic hydroxyl groups is 6.